The summed E-state index contributed by atoms with van der Waals surface area (Å²) in [6.07, 6.45) is 1.30. The minimum Gasteiger partial charge on any atom is -0.497 e. The molecule has 0 aliphatic carbocycles. The number of pyridine rings is 1. The smallest absolute Gasteiger partial charge is 0.335 e. The fourth-order valence-electron chi connectivity index (χ4n) is 2.34. The SMILES string of the molecule is COc1ccc(CN(C)CCNc2c(Cl)cnc(N)c2[N+](=O)[O-])cc1. The molecule has 0 atom stereocenters. The molecule has 2 rings (SSSR count). The Bertz CT molecular complexity index is 739. The molecular weight excluding hydrogens is 346 g/mol. The van der Waals surface area contributed by atoms with E-state index in [1.807, 2.05) is 31.3 Å². The van der Waals surface area contributed by atoms with Crippen LogP contribution >= 0.6 is 11.6 Å². The van der Waals surface area contributed by atoms with Crippen LogP contribution < -0.4 is 15.8 Å². The molecular formula is C16H20ClN5O3. The quantitative estimate of drug-likeness (QED) is 0.547. The van der Waals surface area contributed by atoms with Crippen molar-refractivity contribution in [1.29, 1.82) is 0 Å². The van der Waals surface area contributed by atoms with E-state index in [0.29, 0.717) is 13.1 Å². The number of halogens is 1. The second kappa shape index (κ2) is 8.50. The van der Waals surface area contributed by atoms with Crippen LogP contribution in [0.3, 0.4) is 0 Å². The molecule has 9 heteroatoms. The van der Waals surface area contributed by atoms with Crippen LogP contribution in [-0.4, -0.2) is 42.1 Å². The van der Waals surface area contributed by atoms with E-state index in [1.165, 1.54) is 6.20 Å². The fraction of sp³-hybridized carbons (Fsp3) is 0.312. The highest BCUT2D eigenvalue weighted by Gasteiger charge is 2.22. The molecule has 134 valence electrons. The minimum absolute atomic E-state index is 0.163. The van der Waals surface area contributed by atoms with Crippen molar-refractivity contribution >= 4 is 28.8 Å². The number of benzene rings is 1. The second-order valence-corrected chi connectivity index (χ2v) is 5.89. The lowest BCUT2D eigenvalue weighted by molar-refractivity contribution is -0.383. The van der Waals surface area contributed by atoms with E-state index in [4.69, 9.17) is 22.1 Å². The molecule has 0 aliphatic rings. The van der Waals surface area contributed by atoms with E-state index in [9.17, 15) is 10.1 Å². The van der Waals surface area contributed by atoms with Crippen LogP contribution in [0.2, 0.25) is 5.02 Å². The molecule has 0 amide bonds. The molecule has 1 aromatic heterocycles. The van der Waals surface area contributed by atoms with E-state index < -0.39 is 4.92 Å². The van der Waals surface area contributed by atoms with E-state index >= 15 is 0 Å². The lowest BCUT2D eigenvalue weighted by Gasteiger charge is -2.18. The first-order valence-corrected chi connectivity index (χ1v) is 7.94. The molecule has 0 aliphatic heterocycles. The van der Waals surface area contributed by atoms with Crippen LogP contribution in [0, 0.1) is 10.1 Å². The highest BCUT2D eigenvalue weighted by Crippen LogP contribution is 2.35. The Kier molecular flexibility index (Phi) is 6.37. The van der Waals surface area contributed by atoms with E-state index in [-0.39, 0.29) is 22.2 Å². The summed E-state index contributed by atoms with van der Waals surface area (Å²) in [6.45, 7) is 1.86. The van der Waals surface area contributed by atoms with E-state index in [1.54, 1.807) is 7.11 Å². The maximum absolute atomic E-state index is 11.2. The largest absolute Gasteiger partial charge is 0.497 e. The van der Waals surface area contributed by atoms with Gasteiger partial charge in [-0.3, -0.25) is 10.1 Å². The lowest BCUT2D eigenvalue weighted by Crippen LogP contribution is -2.25. The summed E-state index contributed by atoms with van der Waals surface area (Å²) in [5.41, 5.74) is 6.61. The Morgan fingerprint density at radius 3 is 2.68 bits per heavy atom. The number of nitrogen functional groups attached to an aromatic ring is 1. The summed E-state index contributed by atoms with van der Waals surface area (Å²) in [4.78, 5) is 16.4. The van der Waals surface area contributed by atoms with Gasteiger partial charge in [0.05, 0.1) is 23.3 Å². The molecule has 0 spiro atoms. The number of nitro groups is 1. The third-order valence-electron chi connectivity index (χ3n) is 3.62. The van der Waals surface area contributed by atoms with Gasteiger partial charge in [0.25, 0.3) is 0 Å². The van der Waals surface area contributed by atoms with Crippen molar-refractivity contribution < 1.29 is 9.66 Å². The zero-order chi connectivity index (χ0) is 18.4. The van der Waals surface area contributed by atoms with E-state index in [2.05, 4.69) is 15.2 Å². The van der Waals surface area contributed by atoms with Crippen molar-refractivity contribution in [2.45, 2.75) is 6.54 Å². The normalized spacial score (nSPS) is 10.7. The predicted octanol–water partition coefficient (Wildman–Crippen LogP) is 2.78. The highest BCUT2D eigenvalue weighted by atomic mass is 35.5. The Morgan fingerprint density at radius 2 is 2.08 bits per heavy atom. The molecule has 8 nitrogen and oxygen atoms in total. The van der Waals surface area contributed by atoms with Crippen molar-refractivity contribution in [3.63, 3.8) is 0 Å². The van der Waals surface area contributed by atoms with Crippen LogP contribution in [0.25, 0.3) is 0 Å². The molecule has 0 fully saturated rings. The molecule has 0 unspecified atom stereocenters. The number of likely N-dealkylation sites (N-methyl/N-ethyl adjacent to an activating group) is 1. The van der Waals surface area contributed by atoms with Crippen LogP contribution in [0.4, 0.5) is 17.2 Å². The maximum Gasteiger partial charge on any atom is 0.335 e. The van der Waals surface area contributed by atoms with Crippen LogP contribution in [0.1, 0.15) is 5.56 Å². The summed E-state index contributed by atoms with van der Waals surface area (Å²) < 4.78 is 5.13. The van der Waals surface area contributed by atoms with Gasteiger partial charge in [-0.05, 0) is 24.7 Å². The van der Waals surface area contributed by atoms with Crippen LogP contribution in [0.5, 0.6) is 5.75 Å². The van der Waals surface area contributed by atoms with Gasteiger partial charge in [0.1, 0.15) is 11.4 Å². The first-order valence-electron chi connectivity index (χ1n) is 7.56. The van der Waals surface area contributed by atoms with Crippen molar-refractivity contribution in [1.82, 2.24) is 9.88 Å². The summed E-state index contributed by atoms with van der Waals surface area (Å²) in [5, 5.41) is 14.3. The lowest BCUT2D eigenvalue weighted by atomic mass is 10.2. The zero-order valence-corrected chi connectivity index (χ0v) is 14.8. The van der Waals surface area contributed by atoms with Gasteiger partial charge in [-0.2, -0.15) is 0 Å². The van der Waals surface area contributed by atoms with Gasteiger partial charge in [-0.1, -0.05) is 23.7 Å². The number of nitrogens with two attached hydrogens (primary N) is 1. The van der Waals surface area contributed by atoms with Crippen LogP contribution in [-0.2, 0) is 6.54 Å². The first-order chi connectivity index (χ1) is 11.9. The number of aromatic nitrogens is 1. The van der Waals surface area contributed by atoms with Gasteiger partial charge < -0.3 is 20.7 Å². The number of hydrogen-bond donors (Lipinski definition) is 2. The third-order valence-corrected chi connectivity index (χ3v) is 3.91. The zero-order valence-electron chi connectivity index (χ0n) is 14.0. The van der Waals surface area contributed by atoms with Gasteiger partial charge in [-0.25, -0.2) is 4.98 Å². The summed E-state index contributed by atoms with van der Waals surface area (Å²) in [5.74, 6) is 0.647. The average molecular weight is 366 g/mol. The number of nitrogens with zero attached hydrogens (tertiary/aromatic N) is 3. The molecule has 0 bridgehead atoms. The minimum atomic E-state index is -0.586. The van der Waals surface area contributed by atoms with Gasteiger partial charge in [0.15, 0.2) is 0 Å². The Labute approximate surface area is 150 Å². The van der Waals surface area contributed by atoms with Gasteiger partial charge in [0, 0.05) is 19.6 Å². The maximum atomic E-state index is 11.2. The molecule has 0 radical (unpaired) electrons. The monoisotopic (exact) mass is 365 g/mol. The Balaban J connectivity index is 1.94. The second-order valence-electron chi connectivity index (χ2n) is 5.48. The Morgan fingerprint density at radius 1 is 1.40 bits per heavy atom. The number of hydrogen-bond acceptors (Lipinski definition) is 7. The topological polar surface area (TPSA) is 107 Å². The molecule has 0 saturated heterocycles. The number of rotatable bonds is 8. The summed E-state index contributed by atoms with van der Waals surface area (Å²) >= 11 is 6.01. The number of ether oxygens (including phenoxy) is 1. The van der Waals surface area contributed by atoms with Gasteiger partial charge in [0.2, 0.25) is 5.82 Å². The van der Waals surface area contributed by atoms with Crippen molar-refractivity contribution in [3.8, 4) is 5.75 Å². The molecule has 0 saturated carbocycles. The van der Waals surface area contributed by atoms with Crippen molar-refractivity contribution in [2.24, 2.45) is 0 Å². The Hall–Kier alpha value is -2.58. The van der Waals surface area contributed by atoms with E-state index in [0.717, 1.165) is 17.9 Å². The first kappa shape index (κ1) is 18.8. The molecule has 2 aromatic rings. The highest BCUT2D eigenvalue weighted by molar-refractivity contribution is 6.33. The molecule has 1 aromatic carbocycles. The third kappa shape index (κ3) is 4.94. The van der Waals surface area contributed by atoms with Gasteiger partial charge >= 0.3 is 5.69 Å². The summed E-state index contributed by atoms with van der Waals surface area (Å²) in [6, 6.07) is 7.80. The number of nitrogens with one attached hydrogen (secondary N) is 1. The number of methoxy groups -OCH3 is 1. The molecule has 1 heterocycles. The fourth-order valence-corrected chi connectivity index (χ4v) is 2.54. The van der Waals surface area contributed by atoms with Crippen LogP contribution in [0.15, 0.2) is 30.5 Å². The van der Waals surface area contributed by atoms with Crippen molar-refractivity contribution in [3.05, 3.63) is 51.2 Å². The molecule has 25 heavy (non-hydrogen) atoms. The van der Waals surface area contributed by atoms with Gasteiger partial charge in [-0.15, -0.1) is 0 Å². The summed E-state index contributed by atoms with van der Waals surface area (Å²) in [7, 11) is 3.59. The molecule has 3 N–H and O–H groups in total. The number of anilines is 2. The predicted molar refractivity (Wildman–Crippen MR) is 98.1 cm³/mol. The average Bonchev–Trinajstić information content (AvgIpc) is 2.58. The standard InChI is InChI=1S/C16H20ClN5O3/c1-21(10-11-3-5-12(25-2)6-4-11)8-7-19-14-13(17)9-20-16(18)15(14)22(23)24/h3-6,9H,7-8,10H2,1-2H3,(H3,18,19,20). The van der Waals surface area contributed by atoms with Crippen molar-refractivity contribution in [2.75, 3.05) is 38.3 Å².